The highest BCUT2D eigenvalue weighted by molar-refractivity contribution is 7.91. The van der Waals surface area contributed by atoms with Gasteiger partial charge in [0.15, 0.2) is 9.84 Å². The van der Waals surface area contributed by atoms with Crippen LogP contribution in [0, 0.1) is 0 Å². The Labute approximate surface area is 126 Å². The summed E-state index contributed by atoms with van der Waals surface area (Å²) < 4.78 is 24.4. The molecule has 0 amide bonds. The summed E-state index contributed by atoms with van der Waals surface area (Å²) in [7, 11) is -3.19. The van der Waals surface area contributed by atoms with Crippen molar-refractivity contribution in [3.63, 3.8) is 0 Å². The van der Waals surface area contributed by atoms with Gasteiger partial charge in [0, 0.05) is 13.2 Å². The first-order valence-electron chi connectivity index (χ1n) is 7.44. The summed E-state index contributed by atoms with van der Waals surface area (Å²) in [6, 6.07) is 7.14. The van der Waals surface area contributed by atoms with Crippen LogP contribution in [0.5, 0.6) is 0 Å². The lowest BCUT2D eigenvalue weighted by Crippen LogP contribution is -2.52. The third-order valence-electron chi connectivity index (χ3n) is 4.18. The van der Waals surface area contributed by atoms with Crippen LogP contribution in [0.2, 0.25) is 0 Å². The molecule has 1 aromatic carbocycles. The summed E-state index contributed by atoms with van der Waals surface area (Å²) in [5, 5.41) is 12.3. The Kier molecular flexibility index (Phi) is 5.37. The fraction of sp³-hybridized carbons (Fsp3) is 0.600. The minimum Gasteiger partial charge on any atom is -0.396 e. The Morgan fingerprint density at radius 1 is 1.24 bits per heavy atom. The Morgan fingerprint density at radius 2 is 2.00 bits per heavy atom. The summed E-state index contributed by atoms with van der Waals surface area (Å²) >= 11 is 0. The van der Waals surface area contributed by atoms with Crippen molar-refractivity contribution in [1.29, 1.82) is 0 Å². The number of aliphatic hydroxyl groups excluding tert-OH is 1. The minimum absolute atomic E-state index is 0.130. The maximum atomic E-state index is 12.2. The molecule has 1 unspecified atom stereocenters. The quantitative estimate of drug-likeness (QED) is 0.647. The first-order valence-corrected chi connectivity index (χ1v) is 9.09. The second-order valence-corrected chi connectivity index (χ2v) is 7.64. The molecule has 1 aromatic rings. The van der Waals surface area contributed by atoms with E-state index < -0.39 is 15.4 Å². The average molecular weight is 312 g/mol. The number of hydrogen-bond acceptors (Lipinski definition) is 5. The Bertz CT molecular complexity index is 574. The Balaban J connectivity index is 2.20. The highest BCUT2D eigenvalue weighted by Crippen LogP contribution is 2.36. The van der Waals surface area contributed by atoms with Gasteiger partial charge in [0.05, 0.1) is 16.2 Å². The van der Waals surface area contributed by atoms with E-state index in [1.54, 1.807) is 12.1 Å². The SMILES string of the molecule is NCC1(NCCCCCO)CCS(=O)(=O)c2ccccc21. The fourth-order valence-electron chi connectivity index (χ4n) is 2.90. The Hall–Kier alpha value is -0.950. The number of hydrogen-bond donors (Lipinski definition) is 3. The largest absolute Gasteiger partial charge is 0.396 e. The molecule has 0 spiro atoms. The number of nitrogens with two attached hydrogens (primary N) is 1. The molecule has 1 heterocycles. The van der Waals surface area contributed by atoms with Crippen LogP contribution in [0.4, 0.5) is 0 Å². The van der Waals surface area contributed by atoms with Gasteiger partial charge in [-0.05, 0) is 43.9 Å². The lowest BCUT2D eigenvalue weighted by molar-refractivity contribution is 0.277. The second-order valence-electron chi connectivity index (χ2n) is 5.56. The number of unbranched alkanes of at least 4 members (excludes halogenated alkanes) is 2. The van der Waals surface area contributed by atoms with E-state index >= 15 is 0 Å². The molecular formula is C15H24N2O3S. The number of sulfone groups is 1. The average Bonchev–Trinajstić information content (AvgIpc) is 2.50. The molecule has 118 valence electrons. The molecule has 1 aliphatic heterocycles. The minimum atomic E-state index is -3.19. The maximum absolute atomic E-state index is 12.2. The fourth-order valence-corrected chi connectivity index (χ4v) is 4.62. The van der Waals surface area contributed by atoms with Gasteiger partial charge in [-0.1, -0.05) is 18.2 Å². The van der Waals surface area contributed by atoms with Crippen molar-refractivity contribution in [3.8, 4) is 0 Å². The molecule has 5 nitrogen and oxygen atoms in total. The van der Waals surface area contributed by atoms with Crippen LogP contribution in [-0.2, 0) is 15.4 Å². The second kappa shape index (κ2) is 6.87. The van der Waals surface area contributed by atoms with Crippen LogP contribution in [0.1, 0.15) is 31.2 Å². The summed E-state index contributed by atoms with van der Waals surface area (Å²) in [5.74, 6) is 0.130. The highest BCUT2D eigenvalue weighted by Gasteiger charge is 2.40. The number of aliphatic hydroxyl groups is 1. The molecular weight excluding hydrogens is 288 g/mol. The van der Waals surface area contributed by atoms with E-state index in [1.165, 1.54) is 0 Å². The molecule has 0 aromatic heterocycles. The van der Waals surface area contributed by atoms with E-state index in [2.05, 4.69) is 5.32 Å². The molecule has 0 saturated carbocycles. The van der Waals surface area contributed by atoms with Gasteiger partial charge in [0.25, 0.3) is 0 Å². The van der Waals surface area contributed by atoms with Gasteiger partial charge >= 0.3 is 0 Å². The molecule has 1 atom stereocenters. The topological polar surface area (TPSA) is 92.4 Å². The molecule has 6 heteroatoms. The first-order chi connectivity index (χ1) is 10.1. The maximum Gasteiger partial charge on any atom is 0.178 e. The zero-order valence-corrected chi connectivity index (χ0v) is 13.0. The zero-order chi connectivity index (χ0) is 15.3. The van der Waals surface area contributed by atoms with Crippen molar-refractivity contribution in [2.75, 3.05) is 25.4 Å². The van der Waals surface area contributed by atoms with Crippen LogP contribution in [0.25, 0.3) is 0 Å². The van der Waals surface area contributed by atoms with Crippen LogP contribution in [0.15, 0.2) is 29.2 Å². The van der Waals surface area contributed by atoms with E-state index in [4.69, 9.17) is 10.8 Å². The summed E-state index contributed by atoms with van der Waals surface area (Å²) in [6.07, 6.45) is 3.19. The smallest absolute Gasteiger partial charge is 0.178 e. The summed E-state index contributed by atoms with van der Waals surface area (Å²) in [5.41, 5.74) is 6.32. The van der Waals surface area contributed by atoms with Crippen LogP contribution >= 0.6 is 0 Å². The van der Waals surface area contributed by atoms with Crippen molar-refractivity contribution >= 4 is 9.84 Å². The predicted octanol–water partition coefficient (Wildman–Crippen LogP) is 0.770. The van der Waals surface area contributed by atoms with Gasteiger partial charge in [-0.25, -0.2) is 8.42 Å². The van der Waals surface area contributed by atoms with Crippen molar-refractivity contribution in [1.82, 2.24) is 5.32 Å². The van der Waals surface area contributed by atoms with E-state index in [0.29, 0.717) is 17.9 Å². The molecule has 2 rings (SSSR count). The van der Waals surface area contributed by atoms with Crippen LogP contribution in [0.3, 0.4) is 0 Å². The van der Waals surface area contributed by atoms with E-state index in [0.717, 1.165) is 31.4 Å². The zero-order valence-electron chi connectivity index (χ0n) is 12.2. The molecule has 0 fully saturated rings. The van der Waals surface area contributed by atoms with Gasteiger partial charge in [-0.15, -0.1) is 0 Å². The van der Waals surface area contributed by atoms with Crippen molar-refractivity contribution in [2.24, 2.45) is 5.73 Å². The van der Waals surface area contributed by atoms with Crippen molar-refractivity contribution in [3.05, 3.63) is 29.8 Å². The molecule has 1 aliphatic rings. The van der Waals surface area contributed by atoms with E-state index in [9.17, 15) is 8.42 Å². The summed E-state index contributed by atoms with van der Waals surface area (Å²) in [6.45, 7) is 1.36. The van der Waals surface area contributed by atoms with Crippen molar-refractivity contribution in [2.45, 2.75) is 36.1 Å². The number of fused-ring (bicyclic) bond motifs is 1. The van der Waals surface area contributed by atoms with Gasteiger partial charge in [-0.2, -0.15) is 0 Å². The van der Waals surface area contributed by atoms with Crippen LogP contribution in [-0.4, -0.2) is 39.0 Å². The first kappa shape index (κ1) is 16.4. The monoisotopic (exact) mass is 312 g/mol. The molecule has 21 heavy (non-hydrogen) atoms. The van der Waals surface area contributed by atoms with E-state index in [1.807, 2.05) is 12.1 Å². The van der Waals surface area contributed by atoms with Gasteiger partial charge in [0.2, 0.25) is 0 Å². The lowest BCUT2D eigenvalue weighted by Gasteiger charge is -2.39. The molecule has 0 aliphatic carbocycles. The van der Waals surface area contributed by atoms with Gasteiger partial charge in [0.1, 0.15) is 0 Å². The van der Waals surface area contributed by atoms with Gasteiger partial charge in [-0.3, -0.25) is 0 Å². The lowest BCUT2D eigenvalue weighted by atomic mass is 9.86. The van der Waals surface area contributed by atoms with Crippen LogP contribution < -0.4 is 11.1 Å². The predicted molar refractivity (Wildman–Crippen MR) is 82.8 cm³/mol. The number of nitrogens with one attached hydrogen (secondary N) is 1. The third-order valence-corrected chi connectivity index (χ3v) is 5.95. The van der Waals surface area contributed by atoms with Gasteiger partial charge < -0.3 is 16.2 Å². The summed E-state index contributed by atoms with van der Waals surface area (Å²) in [4.78, 5) is 0.407. The molecule has 0 saturated heterocycles. The molecule has 4 N–H and O–H groups in total. The molecule has 0 radical (unpaired) electrons. The number of benzene rings is 1. The molecule has 0 bridgehead atoms. The normalized spacial score (nSPS) is 23.7. The standard InChI is InChI=1S/C15H24N2O3S/c16-12-15(17-9-4-1-5-10-18)8-11-21(19,20)14-7-3-2-6-13(14)15/h2-3,6-7,17-18H,1,4-5,8-12,16H2. The third kappa shape index (κ3) is 3.45. The van der Waals surface area contributed by atoms with Crippen molar-refractivity contribution < 1.29 is 13.5 Å². The highest BCUT2D eigenvalue weighted by atomic mass is 32.2. The van der Waals surface area contributed by atoms with E-state index in [-0.39, 0.29) is 12.4 Å². The number of rotatable bonds is 7. The Morgan fingerprint density at radius 3 is 2.71 bits per heavy atom.